The minimum absolute atomic E-state index is 0.0659. The molecular formula is C14H20ClNO. The first-order valence-electron chi connectivity index (χ1n) is 5.80. The molecule has 0 atom stereocenters. The Morgan fingerprint density at radius 1 is 1.18 bits per heavy atom. The second-order valence-electron chi connectivity index (χ2n) is 4.50. The molecule has 0 aliphatic rings. The minimum Gasteiger partial charge on any atom is -0.315 e. The number of hydrogen-bond donors (Lipinski definition) is 0. The van der Waals surface area contributed by atoms with Gasteiger partial charge in [0.25, 0.3) is 0 Å². The molecule has 0 spiro atoms. The molecule has 2 nitrogen and oxygen atoms in total. The lowest BCUT2D eigenvalue weighted by atomic mass is 9.98. The van der Waals surface area contributed by atoms with Crippen LogP contribution in [0.2, 0.25) is 0 Å². The molecule has 0 aliphatic carbocycles. The maximum absolute atomic E-state index is 11.9. The van der Waals surface area contributed by atoms with Gasteiger partial charge in [0, 0.05) is 25.0 Å². The van der Waals surface area contributed by atoms with E-state index in [-0.39, 0.29) is 5.91 Å². The van der Waals surface area contributed by atoms with Crippen LogP contribution in [-0.4, -0.2) is 18.8 Å². The van der Waals surface area contributed by atoms with Crippen molar-refractivity contribution in [3.05, 3.63) is 28.3 Å². The van der Waals surface area contributed by atoms with Crippen molar-refractivity contribution in [1.82, 2.24) is 0 Å². The van der Waals surface area contributed by atoms with E-state index < -0.39 is 0 Å². The normalized spacial score (nSPS) is 10.5. The van der Waals surface area contributed by atoms with Gasteiger partial charge in [-0.1, -0.05) is 6.07 Å². The minimum atomic E-state index is 0.0659. The van der Waals surface area contributed by atoms with Crippen molar-refractivity contribution in [3.63, 3.8) is 0 Å². The van der Waals surface area contributed by atoms with E-state index in [0.717, 1.165) is 5.69 Å². The van der Waals surface area contributed by atoms with Gasteiger partial charge in [0.05, 0.1) is 0 Å². The lowest BCUT2D eigenvalue weighted by molar-refractivity contribution is -0.117. The second kappa shape index (κ2) is 5.54. The molecule has 0 saturated heterocycles. The smallest absolute Gasteiger partial charge is 0.227 e. The highest BCUT2D eigenvalue weighted by molar-refractivity contribution is 6.19. The van der Waals surface area contributed by atoms with Gasteiger partial charge < -0.3 is 4.90 Å². The van der Waals surface area contributed by atoms with Crippen LogP contribution in [0, 0.1) is 27.7 Å². The van der Waals surface area contributed by atoms with Crippen molar-refractivity contribution in [2.45, 2.75) is 34.1 Å². The van der Waals surface area contributed by atoms with E-state index in [9.17, 15) is 4.79 Å². The highest BCUT2D eigenvalue weighted by atomic mass is 35.5. The summed E-state index contributed by atoms with van der Waals surface area (Å²) in [4.78, 5) is 13.6. The van der Waals surface area contributed by atoms with Crippen LogP contribution in [0.3, 0.4) is 0 Å². The number of carbonyl (C=O) groups excluding carboxylic acids is 1. The quantitative estimate of drug-likeness (QED) is 0.755. The van der Waals surface area contributed by atoms with E-state index in [2.05, 4.69) is 33.8 Å². The standard InChI is InChI=1S/C14H20ClNO/c1-9-8-10(2)12(4)14(11(9)3)16(5)13(17)6-7-15/h8H,6-7H2,1-5H3. The number of halogens is 1. The van der Waals surface area contributed by atoms with Crippen molar-refractivity contribution in [2.24, 2.45) is 0 Å². The van der Waals surface area contributed by atoms with Crippen LogP contribution >= 0.6 is 11.6 Å². The molecule has 94 valence electrons. The first-order valence-corrected chi connectivity index (χ1v) is 6.33. The fourth-order valence-electron chi connectivity index (χ4n) is 2.07. The predicted molar refractivity (Wildman–Crippen MR) is 74.1 cm³/mol. The summed E-state index contributed by atoms with van der Waals surface area (Å²) < 4.78 is 0. The highest BCUT2D eigenvalue weighted by Gasteiger charge is 2.17. The van der Waals surface area contributed by atoms with Gasteiger partial charge >= 0.3 is 0 Å². The van der Waals surface area contributed by atoms with Gasteiger partial charge in [-0.25, -0.2) is 0 Å². The van der Waals surface area contributed by atoms with E-state index >= 15 is 0 Å². The van der Waals surface area contributed by atoms with Crippen molar-refractivity contribution in [2.75, 3.05) is 17.8 Å². The molecule has 0 bridgehead atoms. The van der Waals surface area contributed by atoms with Crippen LogP contribution in [-0.2, 0) is 4.79 Å². The average Bonchev–Trinajstić information content (AvgIpc) is 2.27. The van der Waals surface area contributed by atoms with Crippen molar-refractivity contribution in [1.29, 1.82) is 0 Å². The summed E-state index contributed by atoms with van der Waals surface area (Å²) in [6.45, 7) is 8.26. The number of aryl methyl sites for hydroxylation is 2. The van der Waals surface area contributed by atoms with E-state index in [0.29, 0.717) is 12.3 Å². The van der Waals surface area contributed by atoms with Crippen LogP contribution in [0.25, 0.3) is 0 Å². The van der Waals surface area contributed by atoms with Gasteiger partial charge in [0.1, 0.15) is 0 Å². The third-order valence-corrected chi connectivity index (χ3v) is 3.53. The summed E-state index contributed by atoms with van der Waals surface area (Å²) in [5.41, 5.74) is 5.79. The molecule has 0 heterocycles. The largest absolute Gasteiger partial charge is 0.315 e. The van der Waals surface area contributed by atoms with Crippen LogP contribution in [0.15, 0.2) is 6.07 Å². The number of carbonyl (C=O) groups is 1. The first-order chi connectivity index (χ1) is 7.90. The number of anilines is 1. The van der Waals surface area contributed by atoms with E-state index in [4.69, 9.17) is 11.6 Å². The number of hydrogen-bond acceptors (Lipinski definition) is 1. The summed E-state index contributed by atoms with van der Waals surface area (Å²) in [6, 6.07) is 2.16. The third kappa shape index (κ3) is 2.81. The van der Waals surface area contributed by atoms with Crippen molar-refractivity contribution >= 4 is 23.2 Å². The molecule has 1 aromatic carbocycles. The monoisotopic (exact) mass is 253 g/mol. The fourth-order valence-corrected chi connectivity index (χ4v) is 2.23. The molecular weight excluding hydrogens is 234 g/mol. The number of amides is 1. The molecule has 3 heteroatoms. The number of benzene rings is 1. The molecule has 17 heavy (non-hydrogen) atoms. The Bertz CT molecular complexity index is 414. The molecule has 0 unspecified atom stereocenters. The highest BCUT2D eigenvalue weighted by Crippen LogP contribution is 2.29. The topological polar surface area (TPSA) is 20.3 Å². The lowest BCUT2D eigenvalue weighted by Gasteiger charge is -2.24. The summed E-state index contributed by atoms with van der Waals surface area (Å²) in [7, 11) is 1.82. The Kier molecular flexibility index (Phi) is 4.58. The molecule has 1 amide bonds. The summed E-state index contributed by atoms with van der Waals surface area (Å²) in [6.07, 6.45) is 0.379. The van der Waals surface area contributed by atoms with Crippen LogP contribution in [0.1, 0.15) is 28.7 Å². The van der Waals surface area contributed by atoms with Crippen LogP contribution < -0.4 is 4.90 Å². The van der Waals surface area contributed by atoms with Gasteiger partial charge in [-0.05, 0) is 49.9 Å². The summed E-state index contributed by atoms with van der Waals surface area (Å²) in [5.74, 6) is 0.433. The molecule has 1 rings (SSSR count). The van der Waals surface area contributed by atoms with Gasteiger partial charge in [-0.2, -0.15) is 0 Å². The first kappa shape index (κ1) is 14.0. The van der Waals surface area contributed by atoms with Crippen molar-refractivity contribution in [3.8, 4) is 0 Å². The lowest BCUT2D eigenvalue weighted by Crippen LogP contribution is -2.28. The molecule has 0 radical (unpaired) electrons. The van der Waals surface area contributed by atoms with E-state index in [1.807, 2.05) is 7.05 Å². The Labute approximate surface area is 109 Å². The molecule has 1 aromatic rings. The van der Waals surface area contributed by atoms with Crippen LogP contribution in [0.5, 0.6) is 0 Å². The Morgan fingerprint density at radius 2 is 1.65 bits per heavy atom. The average molecular weight is 254 g/mol. The zero-order chi connectivity index (χ0) is 13.2. The summed E-state index contributed by atoms with van der Waals surface area (Å²) in [5, 5.41) is 0. The Hall–Kier alpha value is -1.02. The second-order valence-corrected chi connectivity index (χ2v) is 4.88. The molecule has 0 N–H and O–H groups in total. The van der Waals surface area contributed by atoms with E-state index in [1.165, 1.54) is 22.3 Å². The fraction of sp³-hybridized carbons (Fsp3) is 0.500. The van der Waals surface area contributed by atoms with Crippen molar-refractivity contribution < 1.29 is 4.79 Å². The maximum atomic E-state index is 11.9. The number of rotatable bonds is 3. The zero-order valence-corrected chi connectivity index (χ0v) is 12.0. The Morgan fingerprint density at radius 3 is 2.06 bits per heavy atom. The van der Waals surface area contributed by atoms with Crippen LogP contribution in [0.4, 0.5) is 5.69 Å². The van der Waals surface area contributed by atoms with Gasteiger partial charge in [0.2, 0.25) is 5.91 Å². The zero-order valence-electron chi connectivity index (χ0n) is 11.2. The molecule has 0 aromatic heterocycles. The maximum Gasteiger partial charge on any atom is 0.227 e. The number of alkyl halides is 1. The summed E-state index contributed by atoms with van der Waals surface area (Å²) >= 11 is 5.62. The third-order valence-electron chi connectivity index (χ3n) is 3.34. The van der Waals surface area contributed by atoms with Gasteiger partial charge in [0.15, 0.2) is 0 Å². The van der Waals surface area contributed by atoms with E-state index in [1.54, 1.807) is 4.90 Å². The predicted octanol–water partition coefficient (Wildman–Crippen LogP) is 3.51. The molecule has 0 saturated carbocycles. The Balaban J connectivity index is 3.25. The van der Waals surface area contributed by atoms with Gasteiger partial charge in [-0.3, -0.25) is 4.79 Å². The molecule has 0 fully saturated rings. The van der Waals surface area contributed by atoms with Gasteiger partial charge in [-0.15, -0.1) is 11.6 Å². The molecule has 0 aliphatic heterocycles. The number of nitrogens with zero attached hydrogens (tertiary/aromatic N) is 1. The SMILES string of the molecule is Cc1cc(C)c(C)c(N(C)C(=O)CCCl)c1C.